The SMILES string of the molecule is Clc1ccc(-n2c(SC[C@H]3CCCCO3)nnc2-c2cccnc2)cc1. The van der Waals surface area contributed by atoms with Gasteiger partial charge in [-0.15, -0.1) is 10.2 Å². The van der Waals surface area contributed by atoms with Crippen molar-refractivity contribution in [3.63, 3.8) is 0 Å². The smallest absolute Gasteiger partial charge is 0.196 e. The molecule has 0 unspecified atom stereocenters. The van der Waals surface area contributed by atoms with Gasteiger partial charge >= 0.3 is 0 Å². The highest BCUT2D eigenvalue weighted by Crippen LogP contribution is 2.29. The van der Waals surface area contributed by atoms with Crippen molar-refractivity contribution in [1.29, 1.82) is 0 Å². The first-order chi connectivity index (χ1) is 12.8. The van der Waals surface area contributed by atoms with Crippen LogP contribution >= 0.6 is 23.4 Å². The van der Waals surface area contributed by atoms with Gasteiger partial charge in [0.05, 0.1) is 6.10 Å². The topological polar surface area (TPSA) is 52.8 Å². The molecular formula is C19H19ClN4OS. The Morgan fingerprint density at radius 3 is 2.77 bits per heavy atom. The maximum Gasteiger partial charge on any atom is 0.196 e. The lowest BCUT2D eigenvalue weighted by atomic mass is 10.1. The van der Waals surface area contributed by atoms with Crippen LogP contribution in [-0.4, -0.2) is 38.2 Å². The fourth-order valence-corrected chi connectivity index (χ4v) is 4.12. The Bertz CT molecular complexity index is 848. The molecule has 134 valence electrons. The van der Waals surface area contributed by atoms with Gasteiger partial charge in [0, 0.05) is 41.0 Å². The van der Waals surface area contributed by atoms with E-state index in [1.165, 1.54) is 6.42 Å². The van der Waals surface area contributed by atoms with E-state index < -0.39 is 0 Å². The summed E-state index contributed by atoms with van der Waals surface area (Å²) < 4.78 is 7.90. The molecule has 26 heavy (non-hydrogen) atoms. The number of pyridine rings is 1. The van der Waals surface area contributed by atoms with Crippen molar-refractivity contribution < 1.29 is 4.74 Å². The number of aromatic nitrogens is 4. The van der Waals surface area contributed by atoms with Crippen LogP contribution in [0, 0.1) is 0 Å². The highest BCUT2D eigenvalue weighted by Gasteiger charge is 2.19. The quantitative estimate of drug-likeness (QED) is 0.597. The van der Waals surface area contributed by atoms with Gasteiger partial charge in [-0.25, -0.2) is 0 Å². The number of benzene rings is 1. The van der Waals surface area contributed by atoms with E-state index in [4.69, 9.17) is 16.3 Å². The van der Waals surface area contributed by atoms with Crippen molar-refractivity contribution in [1.82, 2.24) is 19.7 Å². The first-order valence-electron chi connectivity index (χ1n) is 8.67. The fourth-order valence-electron chi connectivity index (χ4n) is 2.97. The van der Waals surface area contributed by atoms with E-state index in [2.05, 4.69) is 19.7 Å². The van der Waals surface area contributed by atoms with Gasteiger partial charge in [0.25, 0.3) is 0 Å². The average molecular weight is 387 g/mol. The second kappa shape index (κ2) is 8.20. The number of hydrogen-bond donors (Lipinski definition) is 0. The van der Waals surface area contributed by atoms with Gasteiger partial charge in [0.1, 0.15) is 0 Å². The molecule has 1 saturated heterocycles. The summed E-state index contributed by atoms with van der Waals surface area (Å²) >= 11 is 7.74. The van der Waals surface area contributed by atoms with Crippen LogP contribution in [0.1, 0.15) is 19.3 Å². The first kappa shape index (κ1) is 17.5. The molecule has 2 aromatic heterocycles. The largest absolute Gasteiger partial charge is 0.377 e. The van der Waals surface area contributed by atoms with Crippen molar-refractivity contribution in [3.05, 3.63) is 53.8 Å². The lowest BCUT2D eigenvalue weighted by molar-refractivity contribution is 0.0315. The predicted molar refractivity (Wildman–Crippen MR) is 104 cm³/mol. The molecular weight excluding hydrogens is 368 g/mol. The Balaban J connectivity index is 1.67. The number of halogens is 1. The zero-order chi connectivity index (χ0) is 17.8. The molecule has 1 aromatic carbocycles. The fraction of sp³-hybridized carbons (Fsp3) is 0.316. The van der Waals surface area contributed by atoms with E-state index in [1.807, 2.05) is 36.4 Å². The first-order valence-corrected chi connectivity index (χ1v) is 10.0. The summed E-state index contributed by atoms with van der Waals surface area (Å²) in [5.74, 6) is 1.64. The second-order valence-electron chi connectivity index (χ2n) is 6.16. The van der Waals surface area contributed by atoms with Crippen LogP contribution in [-0.2, 0) is 4.74 Å². The van der Waals surface area contributed by atoms with Crippen molar-refractivity contribution in [3.8, 4) is 17.1 Å². The van der Waals surface area contributed by atoms with Gasteiger partial charge in [0.15, 0.2) is 11.0 Å². The predicted octanol–water partition coefficient (Wildman–Crippen LogP) is 4.64. The van der Waals surface area contributed by atoms with Crippen LogP contribution in [0.4, 0.5) is 0 Å². The van der Waals surface area contributed by atoms with Crippen LogP contribution in [0.5, 0.6) is 0 Å². The molecule has 0 radical (unpaired) electrons. The number of nitrogens with zero attached hydrogens (tertiary/aromatic N) is 4. The van der Waals surface area contributed by atoms with Crippen molar-refractivity contribution >= 4 is 23.4 Å². The van der Waals surface area contributed by atoms with Crippen LogP contribution in [0.2, 0.25) is 5.02 Å². The molecule has 1 aliphatic heterocycles. The third-order valence-electron chi connectivity index (χ3n) is 4.31. The molecule has 0 bridgehead atoms. The van der Waals surface area contributed by atoms with E-state index in [0.717, 1.165) is 47.4 Å². The van der Waals surface area contributed by atoms with E-state index in [9.17, 15) is 0 Å². The average Bonchev–Trinajstić information content (AvgIpc) is 3.12. The van der Waals surface area contributed by atoms with Crippen LogP contribution in [0.25, 0.3) is 17.1 Å². The summed E-state index contributed by atoms with van der Waals surface area (Å²) in [6.07, 6.45) is 7.34. The summed E-state index contributed by atoms with van der Waals surface area (Å²) in [6.45, 7) is 0.857. The normalized spacial score (nSPS) is 17.3. The Labute approximate surface area is 161 Å². The number of rotatable bonds is 5. The maximum atomic E-state index is 6.06. The molecule has 1 aliphatic rings. The van der Waals surface area contributed by atoms with Gasteiger partial charge in [-0.3, -0.25) is 9.55 Å². The van der Waals surface area contributed by atoms with E-state index in [-0.39, 0.29) is 6.10 Å². The summed E-state index contributed by atoms with van der Waals surface area (Å²) in [5.41, 5.74) is 1.90. The van der Waals surface area contributed by atoms with Crippen molar-refractivity contribution in [2.75, 3.05) is 12.4 Å². The molecule has 7 heteroatoms. The molecule has 0 saturated carbocycles. The summed E-state index contributed by atoms with van der Waals surface area (Å²) in [6, 6.07) is 11.6. The molecule has 3 heterocycles. The number of ether oxygens (including phenoxy) is 1. The minimum absolute atomic E-state index is 0.283. The molecule has 4 rings (SSSR count). The Hall–Kier alpha value is -1.89. The zero-order valence-electron chi connectivity index (χ0n) is 14.2. The molecule has 0 N–H and O–H groups in total. The van der Waals surface area contributed by atoms with Crippen LogP contribution in [0.3, 0.4) is 0 Å². The highest BCUT2D eigenvalue weighted by molar-refractivity contribution is 7.99. The molecule has 0 aliphatic carbocycles. The van der Waals surface area contributed by atoms with E-state index in [1.54, 1.807) is 24.2 Å². The van der Waals surface area contributed by atoms with Crippen molar-refractivity contribution in [2.24, 2.45) is 0 Å². The zero-order valence-corrected chi connectivity index (χ0v) is 15.8. The van der Waals surface area contributed by atoms with Gasteiger partial charge in [-0.2, -0.15) is 0 Å². The minimum atomic E-state index is 0.283. The Morgan fingerprint density at radius 1 is 1.15 bits per heavy atom. The third kappa shape index (κ3) is 3.92. The minimum Gasteiger partial charge on any atom is -0.377 e. The van der Waals surface area contributed by atoms with Gasteiger partial charge in [-0.05, 0) is 55.7 Å². The second-order valence-corrected chi connectivity index (χ2v) is 7.58. The van der Waals surface area contributed by atoms with Gasteiger partial charge < -0.3 is 4.74 Å². The van der Waals surface area contributed by atoms with E-state index in [0.29, 0.717) is 5.02 Å². The molecule has 5 nitrogen and oxygen atoms in total. The third-order valence-corrected chi connectivity index (χ3v) is 5.62. The lowest BCUT2D eigenvalue weighted by Crippen LogP contribution is -2.21. The maximum absolute atomic E-state index is 6.06. The highest BCUT2D eigenvalue weighted by atomic mass is 35.5. The molecule has 3 aromatic rings. The summed E-state index contributed by atoms with van der Waals surface area (Å²) in [7, 11) is 0. The number of thioether (sulfide) groups is 1. The lowest BCUT2D eigenvalue weighted by Gasteiger charge is -2.22. The Kier molecular flexibility index (Phi) is 5.53. The Morgan fingerprint density at radius 2 is 2.04 bits per heavy atom. The van der Waals surface area contributed by atoms with Crippen LogP contribution < -0.4 is 0 Å². The van der Waals surface area contributed by atoms with Crippen molar-refractivity contribution in [2.45, 2.75) is 30.5 Å². The summed E-state index contributed by atoms with van der Waals surface area (Å²) in [5, 5.41) is 10.4. The standard InChI is InChI=1S/C19H19ClN4OS/c20-15-6-8-16(9-7-15)24-18(14-4-3-10-21-12-14)22-23-19(24)26-13-17-5-1-2-11-25-17/h3-4,6-10,12,17H,1-2,5,11,13H2/t17-/m1/s1. The van der Waals surface area contributed by atoms with E-state index >= 15 is 0 Å². The van der Waals surface area contributed by atoms with Gasteiger partial charge in [-0.1, -0.05) is 23.4 Å². The molecule has 1 atom stereocenters. The molecule has 1 fully saturated rings. The van der Waals surface area contributed by atoms with Gasteiger partial charge in [0.2, 0.25) is 0 Å². The molecule has 0 amide bonds. The van der Waals surface area contributed by atoms with Crippen LogP contribution in [0.15, 0.2) is 53.9 Å². The number of hydrogen-bond acceptors (Lipinski definition) is 5. The summed E-state index contributed by atoms with van der Waals surface area (Å²) in [4.78, 5) is 4.21. The monoisotopic (exact) mass is 386 g/mol. The molecule has 0 spiro atoms.